The Bertz CT molecular complexity index is 691. The van der Waals surface area contributed by atoms with Gasteiger partial charge < -0.3 is 0 Å². The van der Waals surface area contributed by atoms with Crippen molar-refractivity contribution in [2.24, 2.45) is 0 Å². The van der Waals surface area contributed by atoms with Crippen molar-refractivity contribution >= 4 is 40.7 Å². The van der Waals surface area contributed by atoms with Crippen LogP contribution in [0.3, 0.4) is 0 Å². The predicted octanol–water partition coefficient (Wildman–Crippen LogP) is 5.64. The zero-order valence-corrected chi connectivity index (χ0v) is 13.2. The number of carbonyl (C=O) groups excluding carboxylic acids is 1. The number of hydrogen-bond acceptors (Lipinski definition) is 2. The highest BCUT2D eigenvalue weighted by atomic mass is 35.5. The van der Waals surface area contributed by atoms with E-state index in [2.05, 4.69) is 0 Å². The molecular formula is C15H10Cl2F2OS. The Morgan fingerprint density at radius 2 is 1.81 bits per heavy atom. The molecule has 2 aromatic rings. The highest BCUT2D eigenvalue weighted by Gasteiger charge is 2.19. The largest absolute Gasteiger partial charge is 0.293 e. The number of carbonyl (C=O) groups is 1. The van der Waals surface area contributed by atoms with Gasteiger partial charge in [-0.1, -0.05) is 23.2 Å². The number of hydrogen-bond donors (Lipinski definition) is 0. The summed E-state index contributed by atoms with van der Waals surface area (Å²) in [5.41, 5.74) is 0.118. The average Bonchev–Trinajstić information content (AvgIpc) is 2.45. The molecule has 0 radical (unpaired) electrons. The predicted molar refractivity (Wildman–Crippen MR) is 82.5 cm³/mol. The molecule has 0 saturated carbocycles. The monoisotopic (exact) mass is 346 g/mol. The molecule has 110 valence electrons. The summed E-state index contributed by atoms with van der Waals surface area (Å²) in [6.45, 7) is 1.67. The van der Waals surface area contributed by atoms with E-state index in [4.69, 9.17) is 23.2 Å². The van der Waals surface area contributed by atoms with E-state index in [1.807, 2.05) is 0 Å². The molecule has 2 aromatic carbocycles. The fourth-order valence-corrected chi connectivity index (χ4v) is 3.18. The first-order valence-electron chi connectivity index (χ1n) is 5.99. The molecule has 1 nitrogen and oxygen atoms in total. The van der Waals surface area contributed by atoms with Crippen molar-refractivity contribution in [3.05, 3.63) is 63.6 Å². The van der Waals surface area contributed by atoms with Gasteiger partial charge in [0.25, 0.3) is 0 Å². The highest BCUT2D eigenvalue weighted by Crippen LogP contribution is 2.33. The van der Waals surface area contributed by atoms with Crippen molar-refractivity contribution in [2.75, 3.05) is 0 Å². The van der Waals surface area contributed by atoms with Crippen molar-refractivity contribution in [3.63, 3.8) is 0 Å². The second-order valence-corrected chi connectivity index (χ2v) is 6.55. The molecule has 0 N–H and O–H groups in total. The van der Waals surface area contributed by atoms with E-state index in [-0.39, 0.29) is 11.3 Å². The third kappa shape index (κ3) is 3.96. The summed E-state index contributed by atoms with van der Waals surface area (Å²) < 4.78 is 26.1. The first-order valence-corrected chi connectivity index (χ1v) is 7.63. The summed E-state index contributed by atoms with van der Waals surface area (Å²) >= 11 is 13.1. The van der Waals surface area contributed by atoms with E-state index in [0.29, 0.717) is 14.9 Å². The Labute approximate surface area is 135 Å². The summed E-state index contributed by atoms with van der Waals surface area (Å²) in [7, 11) is 0. The third-order valence-electron chi connectivity index (χ3n) is 2.77. The van der Waals surface area contributed by atoms with Gasteiger partial charge in [0.2, 0.25) is 0 Å². The molecule has 0 fully saturated rings. The first-order chi connectivity index (χ1) is 9.88. The lowest BCUT2D eigenvalue weighted by Crippen LogP contribution is -2.14. The lowest BCUT2D eigenvalue weighted by atomic mass is 10.1. The second-order valence-electron chi connectivity index (χ2n) is 4.33. The number of Topliss-reactive ketones (excluding diaryl/α,β-unsaturated/α-hetero) is 1. The molecule has 0 aliphatic heterocycles. The van der Waals surface area contributed by atoms with Gasteiger partial charge in [-0.2, -0.15) is 0 Å². The minimum absolute atomic E-state index is 0.118. The lowest BCUT2D eigenvalue weighted by molar-refractivity contribution is 0.0993. The second kappa shape index (κ2) is 6.77. The van der Waals surface area contributed by atoms with Crippen molar-refractivity contribution in [3.8, 4) is 0 Å². The number of ketones is 1. The third-order valence-corrected chi connectivity index (χ3v) is 4.61. The van der Waals surface area contributed by atoms with Crippen LogP contribution in [-0.4, -0.2) is 11.0 Å². The van der Waals surface area contributed by atoms with Gasteiger partial charge in [-0.05, 0) is 43.3 Å². The van der Waals surface area contributed by atoms with Crippen LogP contribution in [0.15, 0.2) is 41.3 Å². The van der Waals surface area contributed by atoms with Gasteiger partial charge in [0, 0.05) is 15.5 Å². The maximum atomic E-state index is 13.2. The molecule has 0 bridgehead atoms. The molecule has 1 atom stereocenters. The van der Waals surface area contributed by atoms with Crippen LogP contribution in [0.1, 0.15) is 17.3 Å². The number of halogens is 4. The first kappa shape index (κ1) is 16.3. The maximum absolute atomic E-state index is 13.2. The molecule has 0 aliphatic carbocycles. The Morgan fingerprint density at radius 1 is 1.10 bits per heavy atom. The molecule has 1 unspecified atom stereocenters. The quantitative estimate of drug-likeness (QED) is 0.526. The van der Waals surface area contributed by atoms with E-state index in [9.17, 15) is 13.6 Å². The molecule has 21 heavy (non-hydrogen) atoms. The molecule has 2 rings (SSSR count). The lowest BCUT2D eigenvalue weighted by Gasteiger charge is -2.12. The summed E-state index contributed by atoms with van der Waals surface area (Å²) in [4.78, 5) is 12.9. The Balaban J connectivity index is 2.19. The number of benzene rings is 2. The van der Waals surface area contributed by atoms with E-state index in [0.717, 1.165) is 12.1 Å². The summed E-state index contributed by atoms with van der Waals surface area (Å²) in [5, 5.41) is 0.481. The van der Waals surface area contributed by atoms with Crippen LogP contribution < -0.4 is 0 Å². The Kier molecular flexibility index (Phi) is 5.25. The average molecular weight is 347 g/mol. The van der Waals surface area contributed by atoms with E-state index in [1.165, 1.54) is 17.8 Å². The van der Waals surface area contributed by atoms with Gasteiger partial charge in [-0.15, -0.1) is 11.8 Å². The summed E-state index contributed by atoms with van der Waals surface area (Å²) in [6.07, 6.45) is 0. The van der Waals surface area contributed by atoms with Crippen LogP contribution in [0.5, 0.6) is 0 Å². The van der Waals surface area contributed by atoms with Crippen LogP contribution in [0.2, 0.25) is 10.0 Å². The molecular weight excluding hydrogens is 337 g/mol. The zero-order valence-electron chi connectivity index (χ0n) is 10.9. The van der Waals surface area contributed by atoms with Gasteiger partial charge in [-0.25, -0.2) is 8.78 Å². The van der Waals surface area contributed by atoms with Crippen molar-refractivity contribution in [1.29, 1.82) is 0 Å². The van der Waals surface area contributed by atoms with Gasteiger partial charge in [0.15, 0.2) is 17.4 Å². The summed E-state index contributed by atoms with van der Waals surface area (Å²) in [5.74, 6) is -2.33. The van der Waals surface area contributed by atoms with E-state index >= 15 is 0 Å². The van der Waals surface area contributed by atoms with Gasteiger partial charge in [0.1, 0.15) is 0 Å². The fraction of sp³-hybridized carbons (Fsp3) is 0.133. The molecule has 0 spiro atoms. The maximum Gasteiger partial charge on any atom is 0.175 e. The van der Waals surface area contributed by atoms with E-state index < -0.39 is 16.9 Å². The normalized spacial score (nSPS) is 12.2. The number of rotatable bonds is 4. The molecule has 0 aromatic heterocycles. The van der Waals surface area contributed by atoms with Gasteiger partial charge in [-0.3, -0.25) is 4.79 Å². The molecule has 0 heterocycles. The van der Waals surface area contributed by atoms with E-state index in [1.54, 1.807) is 25.1 Å². The molecule has 6 heteroatoms. The zero-order chi connectivity index (χ0) is 15.6. The van der Waals surface area contributed by atoms with Crippen LogP contribution in [0.25, 0.3) is 0 Å². The smallest absolute Gasteiger partial charge is 0.175 e. The van der Waals surface area contributed by atoms with Crippen LogP contribution >= 0.6 is 35.0 Å². The summed E-state index contributed by atoms with van der Waals surface area (Å²) in [6, 6.07) is 8.04. The fourth-order valence-electron chi connectivity index (χ4n) is 1.70. The Morgan fingerprint density at radius 3 is 2.48 bits per heavy atom. The minimum atomic E-state index is -1.04. The molecule has 0 saturated heterocycles. The molecule has 0 aliphatic rings. The Hall–Kier alpha value is -1.10. The van der Waals surface area contributed by atoms with Crippen molar-refractivity contribution in [1.82, 2.24) is 0 Å². The standard InChI is InChI=1S/C15H10Cl2F2OS/c1-8(21-14-7-10(16)3-4-11(14)17)15(20)9-2-5-12(18)13(19)6-9/h2-8H,1H3. The van der Waals surface area contributed by atoms with Crippen LogP contribution in [0.4, 0.5) is 8.78 Å². The van der Waals surface area contributed by atoms with Gasteiger partial charge in [0.05, 0.1) is 10.3 Å². The van der Waals surface area contributed by atoms with Crippen LogP contribution in [0, 0.1) is 11.6 Å². The molecule has 0 amide bonds. The SMILES string of the molecule is CC(Sc1cc(Cl)ccc1Cl)C(=O)c1ccc(F)c(F)c1. The topological polar surface area (TPSA) is 17.1 Å². The van der Waals surface area contributed by atoms with Gasteiger partial charge >= 0.3 is 0 Å². The van der Waals surface area contributed by atoms with Crippen LogP contribution in [-0.2, 0) is 0 Å². The highest BCUT2D eigenvalue weighted by molar-refractivity contribution is 8.00. The minimum Gasteiger partial charge on any atom is -0.293 e. The van der Waals surface area contributed by atoms with Crippen molar-refractivity contribution in [2.45, 2.75) is 17.1 Å². The number of thioether (sulfide) groups is 1. The van der Waals surface area contributed by atoms with Crippen molar-refractivity contribution < 1.29 is 13.6 Å².